The number of halogens is 3. The maximum Gasteiger partial charge on any atom is 0.422 e. The lowest BCUT2D eigenvalue weighted by molar-refractivity contribution is -0.204. The molecular weight excluding hydrogens is 783 g/mol. The lowest BCUT2D eigenvalue weighted by Crippen LogP contribution is -2.70. The number of aliphatic hydroxyl groups is 1. The molecule has 4 fully saturated rings. The summed E-state index contributed by atoms with van der Waals surface area (Å²) in [6, 6.07) is 12.2. The van der Waals surface area contributed by atoms with Crippen LogP contribution in [0.1, 0.15) is 56.7 Å². The van der Waals surface area contributed by atoms with Gasteiger partial charge < -0.3 is 39.0 Å². The number of likely N-dealkylation sites (N-methyl/N-ethyl adjacent to an activating group) is 1. The SMILES string of the molecule is CN(C(=O)[C@@]12C[C@H]3OC(=O)[C@@H]1N(Cc1ccc(C=CC(=O)OCC(F)(F)F)cc1)O[C@@H]2[C@H]1OCO[C@H]13)[C@H](Cc1ccccc1)C(=O)N[C@H](CO)CCC(=O)OC(C)(C)C. The zero-order valence-corrected chi connectivity index (χ0v) is 33.0. The van der Waals surface area contributed by atoms with Gasteiger partial charge in [0.15, 0.2) is 12.6 Å². The normalized spacial score (nSPS) is 26.1. The molecule has 1 aliphatic carbocycles. The number of hydrogen-bond acceptors (Lipinski definition) is 13. The maximum absolute atomic E-state index is 15.3. The molecule has 6 rings (SSSR count). The zero-order valence-electron chi connectivity index (χ0n) is 33.0. The van der Waals surface area contributed by atoms with Crippen LogP contribution in [0.15, 0.2) is 60.7 Å². The molecule has 18 heteroatoms. The molecule has 2 aromatic rings. The van der Waals surface area contributed by atoms with Crippen LogP contribution in [0, 0.1) is 5.41 Å². The topological polar surface area (TPSA) is 179 Å². The molecule has 3 aliphatic heterocycles. The number of fused-ring (bicyclic) bond motifs is 4. The third kappa shape index (κ3) is 10.1. The smallest absolute Gasteiger partial charge is 0.422 e. The summed E-state index contributed by atoms with van der Waals surface area (Å²) in [4.78, 5) is 75.5. The summed E-state index contributed by atoms with van der Waals surface area (Å²) in [5.74, 6) is -3.57. The number of carbonyl (C=O) groups excluding carboxylic acids is 5. The van der Waals surface area contributed by atoms with Gasteiger partial charge in [0.05, 0.1) is 19.2 Å². The van der Waals surface area contributed by atoms with E-state index in [1.807, 2.05) is 6.07 Å². The van der Waals surface area contributed by atoms with Crippen LogP contribution >= 0.6 is 0 Å². The van der Waals surface area contributed by atoms with Crippen molar-refractivity contribution in [3.8, 4) is 0 Å². The Balaban J connectivity index is 1.25. The van der Waals surface area contributed by atoms with Gasteiger partial charge in [-0.25, -0.2) is 4.79 Å². The Morgan fingerprint density at radius 3 is 2.39 bits per heavy atom. The van der Waals surface area contributed by atoms with Crippen LogP contribution in [0.5, 0.6) is 0 Å². The molecule has 2 N–H and O–H groups in total. The molecule has 2 aromatic carbocycles. The molecule has 4 aliphatic rings. The molecule has 320 valence electrons. The first-order valence-electron chi connectivity index (χ1n) is 19.2. The van der Waals surface area contributed by atoms with Crippen molar-refractivity contribution in [1.82, 2.24) is 15.3 Å². The van der Waals surface area contributed by atoms with Crippen LogP contribution in [0.2, 0.25) is 0 Å². The van der Waals surface area contributed by atoms with E-state index in [1.54, 1.807) is 69.3 Å². The molecule has 3 heterocycles. The molecule has 1 saturated carbocycles. The van der Waals surface area contributed by atoms with Crippen LogP contribution in [-0.4, -0.2) is 126 Å². The fraction of sp³-hybridized carbons (Fsp3) is 0.537. The number of nitrogens with zero attached hydrogens (tertiary/aromatic N) is 2. The summed E-state index contributed by atoms with van der Waals surface area (Å²) < 4.78 is 64.5. The molecule has 59 heavy (non-hydrogen) atoms. The molecular formula is C41H48F3N3O12. The quantitative estimate of drug-likeness (QED) is 0.152. The first kappa shape index (κ1) is 43.7. The first-order chi connectivity index (χ1) is 27.9. The van der Waals surface area contributed by atoms with Gasteiger partial charge in [0.25, 0.3) is 0 Å². The number of hydrogen-bond donors (Lipinski definition) is 2. The third-order valence-electron chi connectivity index (χ3n) is 10.6. The predicted octanol–water partition coefficient (Wildman–Crippen LogP) is 3.02. The average molecular weight is 832 g/mol. The summed E-state index contributed by atoms with van der Waals surface area (Å²) in [6.07, 6.45) is -5.87. The second kappa shape index (κ2) is 17.8. The van der Waals surface area contributed by atoms with E-state index in [0.717, 1.165) is 11.6 Å². The first-order valence-corrected chi connectivity index (χ1v) is 19.2. The van der Waals surface area contributed by atoms with Gasteiger partial charge in [-0.05, 0) is 50.0 Å². The largest absolute Gasteiger partial charge is 0.460 e. The second-order valence-corrected chi connectivity index (χ2v) is 16.0. The molecule has 0 unspecified atom stereocenters. The number of alkyl halides is 3. The van der Waals surface area contributed by atoms with E-state index >= 15 is 4.79 Å². The van der Waals surface area contributed by atoms with Crippen molar-refractivity contribution in [2.45, 2.75) is 107 Å². The van der Waals surface area contributed by atoms with E-state index < -0.39 is 103 Å². The fourth-order valence-corrected chi connectivity index (χ4v) is 8.00. The lowest BCUT2D eigenvalue weighted by atomic mass is 9.62. The highest BCUT2D eigenvalue weighted by molar-refractivity contribution is 5.96. The summed E-state index contributed by atoms with van der Waals surface area (Å²) in [6.45, 7) is 2.85. The molecule has 2 bridgehead atoms. The Bertz CT molecular complexity index is 1890. The van der Waals surface area contributed by atoms with Gasteiger partial charge in [0.2, 0.25) is 11.8 Å². The van der Waals surface area contributed by atoms with Crippen molar-refractivity contribution in [1.29, 1.82) is 0 Å². The van der Waals surface area contributed by atoms with E-state index in [1.165, 1.54) is 23.1 Å². The number of rotatable bonds is 15. The van der Waals surface area contributed by atoms with Crippen molar-refractivity contribution >= 4 is 35.8 Å². The standard InChI is InChI=1S/C41H48F3N3O12/c1-39(2,3)58-31(50)17-15-27(21-48)45-36(51)28(18-25-8-6-5-7-9-25)46(4)38(53)40-19-29-32-33(56-23-55-32)35(40)59-47(34(40)37(52)57-29)20-26-12-10-24(11-13-26)14-16-30(49)54-22-41(42,43)44/h5-14,16,27-29,32-35,48H,15,17-23H2,1-4H3,(H,45,51)/t27-,28+,29+,32-,33-,34-,35+,40-/m0/s1. The minimum Gasteiger partial charge on any atom is -0.460 e. The van der Waals surface area contributed by atoms with Gasteiger partial charge in [0, 0.05) is 32.4 Å². The highest BCUT2D eigenvalue weighted by Crippen LogP contribution is 2.56. The Morgan fingerprint density at radius 2 is 1.73 bits per heavy atom. The number of carbonyl (C=O) groups is 5. The molecule has 8 atom stereocenters. The number of benzene rings is 2. The van der Waals surface area contributed by atoms with Gasteiger partial charge >= 0.3 is 24.1 Å². The van der Waals surface area contributed by atoms with Crippen LogP contribution in [0.25, 0.3) is 6.08 Å². The minimum absolute atomic E-state index is 0.00126. The lowest BCUT2D eigenvalue weighted by Gasteiger charge is -2.50. The van der Waals surface area contributed by atoms with Crippen LogP contribution in [0.4, 0.5) is 13.2 Å². The molecule has 0 radical (unpaired) electrons. The van der Waals surface area contributed by atoms with Gasteiger partial charge in [-0.1, -0.05) is 54.6 Å². The van der Waals surface area contributed by atoms with Crippen molar-refractivity contribution in [2.75, 3.05) is 27.1 Å². The summed E-state index contributed by atoms with van der Waals surface area (Å²) in [7, 11) is 1.47. The van der Waals surface area contributed by atoms with E-state index in [9.17, 15) is 37.5 Å². The molecule has 2 amide bonds. The Kier molecular flexibility index (Phi) is 13.2. The number of amides is 2. The van der Waals surface area contributed by atoms with E-state index in [2.05, 4.69) is 10.1 Å². The fourth-order valence-electron chi connectivity index (χ4n) is 8.00. The van der Waals surface area contributed by atoms with Crippen molar-refractivity contribution in [3.63, 3.8) is 0 Å². The highest BCUT2D eigenvalue weighted by atomic mass is 19.4. The monoisotopic (exact) mass is 831 g/mol. The molecule has 15 nitrogen and oxygen atoms in total. The van der Waals surface area contributed by atoms with Gasteiger partial charge in [-0.3, -0.25) is 24.0 Å². The van der Waals surface area contributed by atoms with Crippen LogP contribution in [0.3, 0.4) is 0 Å². The van der Waals surface area contributed by atoms with Crippen molar-refractivity contribution in [2.24, 2.45) is 5.41 Å². The van der Waals surface area contributed by atoms with Crippen LogP contribution < -0.4 is 5.32 Å². The van der Waals surface area contributed by atoms with Gasteiger partial charge in [0.1, 0.15) is 48.3 Å². The number of aliphatic hydroxyl groups excluding tert-OH is 1. The predicted molar refractivity (Wildman–Crippen MR) is 199 cm³/mol. The average Bonchev–Trinajstić information content (AvgIpc) is 3.81. The van der Waals surface area contributed by atoms with Crippen LogP contribution in [-0.2, 0) is 65.5 Å². The summed E-state index contributed by atoms with van der Waals surface area (Å²) in [5, 5.41) is 14.4. The Labute approximate surface area is 338 Å². The summed E-state index contributed by atoms with van der Waals surface area (Å²) >= 11 is 0. The Morgan fingerprint density at radius 1 is 1.03 bits per heavy atom. The van der Waals surface area contributed by atoms with E-state index in [-0.39, 0.29) is 39.0 Å². The third-order valence-corrected chi connectivity index (χ3v) is 10.6. The van der Waals surface area contributed by atoms with E-state index in [4.69, 9.17) is 23.8 Å². The molecule has 0 aromatic heterocycles. The van der Waals surface area contributed by atoms with Crippen molar-refractivity contribution < 1.29 is 70.8 Å². The number of esters is 3. The summed E-state index contributed by atoms with van der Waals surface area (Å²) in [5.41, 5.74) is -0.518. The number of hydroxylamine groups is 2. The van der Waals surface area contributed by atoms with Gasteiger partial charge in [-0.2, -0.15) is 18.2 Å². The Hall–Kier alpha value is -4.88. The molecule has 0 spiro atoms. The van der Waals surface area contributed by atoms with E-state index in [0.29, 0.717) is 11.1 Å². The second-order valence-electron chi connectivity index (χ2n) is 16.0. The molecule has 3 saturated heterocycles. The highest BCUT2D eigenvalue weighted by Gasteiger charge is 2.75. The van der Waals surface area contributed by atoms with Gasteiger partial charge in [-0.15, -0.1) is 0 Å². The zero-order chi connectivity index (χ0) is 42.7. The number of nitrogens with one attached hydrogen (secondary N) is 1. The maximum atomic E-state index is 15.3. The van der Waals surface area contributed by atoms with Crippen molar-refractivity contribution in [3.05, 3.63) is 77.4 Å². The minimum atomic E-state index is -4.66. The number of ether oxygens (including phenoxy) is 5.